The average molecular weight is 249 g/mol. The molecule has 0 saturated heterocycles. The molecule has 0 bridgehead atoms. The van der Waals surface area contributed by atoms with Gasteiger partial charge in [0.15, 0.2) is 0 Å². The Balaban J connectivity index is 2.34. The van der Waals surface area contributed by atoms with E-state index >= 15 is 0 Å². The second-order valence-corrected chi connectivity index (χ2v) is 3.90. The second-order valence-electron chi connectivity index (χ2n) is 3.90. The molecule has 18 heavy (non-hydrogen) atoms. The Hall–Kier alpha value is -2.37. The van der Waals surface area contributed by atoms with Crippen LogP contribution < -0.4 is 5.32 Å². The van der Waals surface area contributed by atoms with Gasteiger partial charge in [0.2, 0.25) is 0 Å². The predicted octanol–water partition coefficient (Wildman–Crippen LogP) is 2.12. The minimum atomic E-state index is -0.772. The summed E-state index contributed by atoms with van der Waals surface area (Å²) in [5.74, 6) is -1.88. The smallest absolute Gasteiger partial charge is 0.262 e. The fraction of sp³-hybridized carbons (Fsp3) is 0.167. The number of amides is 1. The third-order valence-electron chi connectivity index (χ3n) is 2.59. The number of rotatable bonds is 2. The Morgan fingerprint density at radius 3 is 2.72 bits per heavy atom. The lowest BCUT2D eigenvalue weighted by Gasteiger charge is -2.07. The summed E-state index contributed by atoms with van der Waals surface area (Å²) in [4.78, 5) is 11.9. The molecular formula is C12H12FN3O2. The van der Waals surface area contributed by atoms with Crippen LogP contribution in [0.15, 0.2) is 18.2 Å². The summed E-state index contributed by atoms with van der Waals surface area (Å²) >= 11 is 0. The zero-order valence-electron chi connectivity index (χ0n) is 9.91. The van der Waals surface area contributed by atoms with Crippen molar-refractivity contribution in [2.24, 2.45) is 0 Å². The molecule has 2 rings (SSSR count). The summed E-state index contributed by atoms with van der Waals surface area (Å²) in [6.07, 6.45) is 0. The van der Waals surface area contributed by atoms with Crippen LogP contribution in [0.25, 0.3) is 0 Å². The van der Waals surface area contributed by atoms with Crippen LogP contribution in [0, 0.1) is 19.7 Å². The molecule has 0 spiro atoms. The maximum absolute atomic E-state index is 13.5. The highest BCUT2D eigenvalue weighted by molar-refractivity contribution is 6.06. The standard InChI is InChI=1S/C12H12FN3O2/c1-6-11(7(2)16-15-6)14-12(18)10-8(13)4-3-5-9(10)17/h3-5,17H,1-2H3,(H,14,18)(H,15,16). The van der Waals surface area contributed by atoms with Crippen LogP contribution in [-0.2, 0) is 0 Å². The number of hydrogen-bond donors (Lipinski definition) is 3. The van der Waals surface area contributed by atoms with Crippen molar-refractivity contribution < 1.29 is 14.3 Å². The molecule has 0 unspecified atom stereocenters. The highest BCUT2D eigenvalue weighted by Crippen LogP contribution is 2.23. The van der Waals surface area contributed by atoms with Crippen molar-refractivity contribution in [1.29, 1.82) is 0 Å². The molecule has 5 nitrogen and oxygen atoms in total. The van der Waals surface area contributed by atoms with E-state index in [1.807, 2.05) is 0 Å². The largest absolute Gasteiger partial charge is 0.507 e. The zero-order valence-corrected chi connectivity index (χ0v) is 9.91. The number of aromatic amines is 1. The molecule has 0 aliphatic carbocycles. The Bertz CT molecular complexity index is 568. The SMILES string of the molecule is Cc1n[nH]c(C)c1NC(=O)c1c(O)cccc1F. The van der Waals surface area contributed by atoms with Gasteiger partial charge in [0.25, 0.3) is 5.91 Å². The average Bonchev–Trinajstić information content (AvgIpc) is 2.60. The molecule has 0 saturated carbocycles. The van der Waals surface area contributed by atoms with Crippen molar-refractivity contribution in [2.45, 2.75) is 13.8 Å². The minimum Gasteiger partial charge on any atom is -0.507 e. The number of H-pyrrole nitrogens is 1. The number of nitrogens with one attached hydrogen (secondary N) is 2. The monoisotopic (exact) mass is 249 g/mol. The lowest BCUT2D eigenvalue weighted by Crippen LogP contribution is -2.15. The van der Waals surface area contributed by atoms with Crippen molar-refractivity contribution in [2.75, 3.05) is 5.32 Å². The van der Waals surface area contributed by atoms with E-state index in [0.717, 1.165) is 6.07 Å². The molecule has 6 heteroatoms. The van der Waals surface area contributed by atoms with Crippen molar-refractivity contribution in [3.8, 4) is 5.75 Å². The topological polar surface area (TPSA) is 78.0 Å². The fourth-order valence-corrected chi connectivity index (χ4v) is 1.65. The molecule has 2 aromatic rings. The number of nitrogens with zero attached hydrogens (tertiary/aromatic N) is 1. The van der Waals surface area contributed by atoms with Crippen molar-refractivity contribution in [1.82, 2.24) is 10.2 Å². The van der Waals surface area contributed by atoms with Gasteiger partial charge in [-0.15, -0.1) is 0 Å². The summed E-state index contributed by atoms with van der Waals surface area (Å²) in [6.45, 7) is 3.44. The predicted molar refractivity (Wildman–Crippen MR) is 64.1 cm³/mol. The second kappa shape index (κ2) is 4.48. The van der Waals surface area contributed by atoms with Gasteiger partial charge in [-0.1, -0.05) is 6.07 Å². The number of halogens is 1. The lowest BCUT2D eigenvalue weighted by molar-refractivity contribution is 0.102. The number of carbonyl (C=O) groups is 1. The summed E-state index contributed by atoms with van der Waals surface area (Å²) in [5.41, 5.74) is 1.37. The highest BCUT2D eigenvalue weighted by Gasteiger charge is 2.18. The first-order valence-corrected chi connectivity index (χ1v) is 5.31. The molecule has 0 atom stereocenters. The fourth-order valence-electron chi connectivity index (χ4n) is 1.65. The maximum atomic E-state index is 13.5. The Labute approximate surface area is 103 Å². The van der Waals surface area contributed by atoms with Crippen LogP contribution in [0.3, 0.4) is 0 Å². The van der Waals surface area contributed by atoms with Crippen molar-refractivity contribution >= 4 is 11.6 Å². The van der Waals surface area contributed by atoms with E-state index < -0.39 is 17.5 Å². The molecule has 0 fully saturated rings. The molecule has 1 amide bonds. The highest BCUT2D eigenvalue weighted by atomic mass is 19.1. The number of aromatic nitrogens is 2. The first kappa shape index (κ1) is 12.1. The van der Waals surface area contributed by atoms with E-state index in [1.165, 1.54) is 12.1 Å². The maximum Gasteiger partial charge on any atom is 0.262 e. The van der Waals surface area contributed by atoms with Gasteiger partial charge in [0.05, 0.1) is 17.1 Å². The molecule has 0 radical (unpaired) electrons. The van der Waals surface area contributed by atoms with E-state index in [1.54, 1.807) is 13.8 Å². The Morgan fingerprint density at radius 2 is 2.17 bits per heavy atom. The normalized spacial score (nSPS) is 10.4. The van der Waals surface area contributed by atoms with Gasteiger partial charge in [-0.05, 0) is 26.0 Å². The van der Waals surface area contributed by atoms with E-state index in [2.05, 4.69) is 15.5 Å². The first-order valence-electron chi connectivity index (χ1n) is 5.31. The van der Waals surface area contributed by atoms with Crippen LogP contribution in [0.2, 0.25) is 0 Å². The van der Waals surface area contributed by atoms with Gasteiger partial charge in [-0.25, -0.2) is 4.39 Å². The molecule has 1 heterocycles. The van der Waals surface area contributed by atoms with E-state index in [9.17, 15) is 14.3 Å². The zero-order chi connectivity index (χ0) is 13.3. The summed E-state index contributed by atoms with van der Waals surface area (Å²) in [5, 5.41) is 18.6. The van der Waals surface area contributed by atoms with Gasteiger partial charge >= 0.3 is 0 Å². The minimum absolute atomic E-state index is 0.377. The quantitative estimate of drug-likeness (QED) is 0.762. The summed E-state index contributed by atoms with van der Waals surface area (Å²) in [7, 11) is 0. The number of carbonyl (C=O) groups excluding carboxylic acids is 1. The van der Waals surface area contributed by atoms with Gasteiger partial charge < -0.3 is 10.4 Å². The van der Waals surface area contributed by atoms with Crippen molar-refractivity contribution in [3.05, 3.63) is 41.0 Å². The molecule has 94 valence electrons. The van der Waals surface area contributed by atoms with Crippen LogP contribution in [0.5, 0.6) is 5.75 Å². The number of benzene rings is 1. The number of anilines is 1. The van der Waals surface area contributed by atoms with Crippen molar-refractivity contribution in [3.63, 3.8) is 0 Å². The van der Waals surface area contributed by atoms with Gasteiger partial charge in [0, 0.05) is 0 Å². The third kappa shape index (κ3) is 2.04. The van der Waals surface area contributed by atoms with Gasteiger partial charge in [0.1, 0.15) is 17.1 Å². The number of hydrogen-bond acceptors (Lipinski definition) is 3. The molecule has 0 aliphatic heterocycles. The van der Waals surface area contributed by atoms with Crippen LogP contribution in [0.4, 0.5) is 10.1 Å². The van der Waals surface area contributed by atoms with E-state index in [0.29, 0.717) is 17.1 Å². The first-order chi connectivity index (χ1) is 8.50. The van der Waals surface area contributed by atoms with Gasteiger partial charge in [-0.3, -0.25) is 9.89 Å². The molecule has 1 aromatic carbocycles. The molecular weight excluding hydrogens is 237 g/mol. The van der Waals surface area contributed by atoms with Crippen LogP contribution in [-0.4, -0.2) is 21.2 Å². The number of phenols is 1. The Kier molecular flexibility index (Phi) is 3.01. The molecule has 0 aliphatic rings. The molecule has 1 aromatic heterocycles. The number of aromatic hydroxyl groups is 1. The molecule has 3 N–H and O–H groups in total. The third-order valence-corrected chi connectivity index (χ3v) is 2.59. The van der Waals surface area contributed by atoms with Crippen LogP contribution >= 0.6 is 0 Å². The van der Waals surface area contributed by atoms with Crippen LogP contribution in [0.1, 0.15) is 21.7 Å². The Morgan fingerprint density at radius 1 is 1.44 bits per heavy atom. The summed E-state index contributed by atoms with van der Waals surface area (Å²) < 4.78 is 13.5. The number of phenolic OH excluding ortho intramolecular Hbond substituents is 1. The lowest BCUT2D eigenvalue weighted by atomic mass is 10.1. The van der Waals surface area contributed by atoms with E-state index in [4.69, 9.17) is 0 Å². The summed E-state index contributed by atoms with van der Waals surface area (Å²) in [6, 6.07) is 3.70. The van der Waals surface area contributed by atoms with E-state index in [-0.39, 0.29) is 5.56 Å². The number of aryl methyl sites for hydroxylation is 2. The van der Waals surface area contributed by atoms with Gasteiger partial charge in [-0.2, -0.15) is 5.10 Å².